The standard InChI is InChI=1S/C16H20N2O4.C3H8.C2H6/c1-22-15(20)11-4-2-10(3-5-11)9-18-14-8-12(19)6-7-13(14)17-16(18)21;1-3-2;1-2/h6-8,10-11,19H,2-5,9H2,1H3,(H,17,21);3H2,1-2H3;1-2H3. The number of carbonyl (C=O) groups excluding carboxylic acids is 1. The van der Waals surface area contributed by atoms with Crippen LogP contribution in [0.15, 0.2) is 23.0 Å². The molecule has 1 aromatic carbocycles. The minimum atomic E-state index is -0.157. The summed E-state index contributed by atoms with van der Waals surface area (Å²) in [6, 6.07) is 4.87. The van der Waals surface area contributed by atoms with Gasteiger partial charge in [0.2, 0.25) is 0 Å². The summed E-state index contributed by atoms with van der Waals surface area (Å²) in [6.07, 6.45) is 4.66. The van der Waals surface area contributed by atoms with E-state index < -0.39 is 0 Å². The first kappa shape index (κ1) is 22.8. The predicted molar refractivity (Wildman–Crippen MR) is 109 cm³/mol. The average molecular weight is 379 g/mol. The van der Waals surface area contributed by atoms with Crippen LogP contribution in [0.4, 0.5) is 0 Å². The molecule has 0 bridgehead atoms. The molecule has 1 aliphatic rings. The number of nitrogens with zero attached hydrogens (tertiary/aromatic N) is 1. The molecule has 27 heavy (non-hydrogen) atoms. The van der Waals surface area contributed by atoms with Gasteiger partial charge in [-0.05, 0) is 43.7 Å². The van der Waals surface area contributed by atoms with E-state index in [2.05, 4.69) is 18.8 Å². The molecule has 1 saturated carbocycles. The number of carbonyl (C=O) groups is 1. The summed E-state index contributed by atoms with van der Waals surface area (Å²) >= 11 is 0. The molecule has 0 aliphatic heterocycles. The van der Waals surface area contributed by atoms with Crippen LogP contribution < -0.4 is 5.69 Å². The van der Waals surface area contributed by atoms with Gasteiger partial charge in [0, 0.05) is 12.6 Å². The highest BCUT2D eigenvalue weighted by molar-refractivity contribution is 5.76. The number of rotatable bonds is 3. The zero-order chi connectivity index (χ0) is 20.4. The van der Waals surface area contributed by atoms with Crippen LogP contribution in [0, 0.1) is 11.8 Å². The molecule has 1 fully saturated rings. The first-order valence-corrected chi connectivity index (χ1v) is 9.99. The number of hydrogen-bond acceptors (Lipinski definition) is 4. The number of phenolic OH excluding ortho intramolecular Hbond substituents is 1. The number of aromatic nitrogens is 2. The fourth-order valence-electron chi connectivity index (χ4n) is 3.33. The number of nitrogens with one attached hydrogen (secondary N) is 1. The maximum absolute atomic E-state index is 12.1. The topological polar surface area (TPSA) is 84.3 Å². The second-order valence-electron chi connectivity index (χ2n) is 6.69. The maximum atomic E-state index is 12.1. The van der Waals surface area contributed by atoms with E-state index in [1.165, 1.54) is 13.5 Å². The first-order valence-electron chi connectivity index (χ1n) is 9.99. The van der Waals surface area contributed by atoms with Crippen molar-refractivity contribution in [1.29, 1.82) is 0 Å². The van der Waals surface area contributed by atoms with Gasteiger partial charge in [-0.25, -0.2) is 4.79 Å². The van der Waals surface area contributed by atoms with Crippen LogP contribution in [-0.2, 0) is 16.1 Å². The maximum Gasteiger partial charge on any atom is 0.326 e. The van der Waals surface area contributed by atoms with Crippen LogP contribution in [0.3, 0.4) is 0 Å². The van der Waals surface area contributed by atoms with Crippen molar-refractivity contribution in [3.05, 3.63) is 28.7 Å². The molecule has 0 radical (unpaired) electrons. The molecule has 0 spiro atoms. The highest BCUT2D eigenvalue weighted by atomic mass is 16.5. The summed E-state index contributed by atoms with van der Waals surface area (Å²) in [5.41, 5.74) is 1.29. The molecule has 1 aromatic heterocycles. The quantitative estimate of drug-likeness (QED) is 0.773. The van der Waals surface area contributed by atoms with Crippen LogP contribution in [-0.4, -0.2) is 27.7 Å². The Kier molecular flexibility index (Phi) is 9.68. The van der Waals surface area contributed by atoms with E-state index in [1.54, 1.807) is 22.8 Å². The molecule has 6 nitrogen and oxygen atoms in total. The number of fused-ring (bicyclic) bond motifs is 1. The normalized spacial score (nSPS) is 18.7. The summed E-state index contributed by atoms with van der Waals surface area (Å²) < 4.78 is 6.47. The largest absolute Gasteiger partial charge is 0.508 e. The van der Waals surface area contributed by atoms with Gasteiger partial charge in [0.15, 0.2) is 0 Å². The van der Waals surface area contributed by atoms with E-state index in [-0.39, 0.29) is 23.3 Å². The highest BCUT2D eigenvalue weighted by Gasteiger charge is 2.27. The van der Waals surface area contributed by atoms with E-state index >= 15 is 0 Å². The van der Waals surface area contributed by atoms with Crippen molar-refractivity contribution in [2.75, 3.05) is 7.11 Å². The van der Waals surface area contributed by atoms with Crippen LogP contribution >= 0.6 is 0 Å². The summed E-state index contributed by atoms with van der Waals surface area (Å²) in [5.74, 6) is 0.368. The third kappa shape index (κ3) is 6.15. The lowest BCUT2D eigenvalue weighted by Gasteiger charge is -2.27. The van der Waals surface area contributed by atoms with Crippen molar-refractivity contribution in [2.45, 2.75) is 66.3 Å². The zero-order valence-electron chi connectivity index (χ0n) is 17.2. The number of benzene rings is 1. The number of aromatic hydroxyl groups is 1. The lowest BCUT2D eigenvalue weighted by atomic mass is 9.82. The molecule has 0 atom stereocenters. The third-order valence-corrected chi connectivity index (χ3v) is 4.58. The summed E-state index contributed by atoms with van der Waals surface area (Å²) in [5, 5.41) is 9.61. The van der Waals surface area contributed by atoms with Crippen molar-refractivity contribution < 1.29 is 14.6 Å². The molecule has 0 amide bonds. The average Bonchev–Trinajstić information content (AvgIpc) is 2.99. The van der Waals surface area contributed by atoms with Crippen LogP contribution in [0.5, 0.6) is 5.75 Å². The van der Waals surface area contributed by atoms with Gasteiger partial charge in [-0.1, -0.05) is 34.1 Å². The molecular formula is C21H34N2O4. The second-order valence-corrected chi connectivity index (χ2v) is 6.69. The van der Waals surface area contributed by atoms with Gasteiger partial charge in [-0.2, -0.15) is 0 Å². The number of aromatic amines is 1. The Morgan fingerprint density at radius 1 is 1.22 bits per heavy atom. The fourth-order valence-corrected chi connectivity index (χ4v) is 3.33. The minimum absolute atomic E-state index is 0.00927. The van der Waals surface area contributed by atoms with E-state index in [4.69, 9.17) is 4.74 Å². The molecule has 152 valence electrons. The van der Waals surface area contributed by atoms with Crippen molar-refractivity contribution in [3.63, 3.8) is 0 Å². The summed E-state index contributed by atoms with van der Waals surface area (Å²) in [4.78, 5) is 26.4. The Morgan fingerprint density at radius 2 is 1.81 bits per heavy atom. The summed E-state index contributed by atoms with van der Waals surface area (Å²) in [6.45, 7) is 8.86. The number of H-pyrrole nitrogens is 1. The SMILES string of the molecule is CC.CCC.COC(=O)C1CCC(Cn2c(=O)[nH]c3ccc(O)cc32)CC1. The van der Waals surface area contributed by atoms with E-state index in [9.17, 15) is 14.7 Å². The molecule has 6 heteroatoms. The molecular weight excluding hydrogens is 344 g/mol. The number of esters is 1. The molecule has 3 rings (SSSR count). The van der Waals surface area contributed by atoms with Crippen molar-refractivity contribution in [3.8, 4) is 5.75 Å². The molecule has 2 aromatic rings. The van der Waals surface area contributed by atoms with E-state index in [1.807, 2.05) is 13.8 Å². The Bertz CT molecular complexity index is 755. The highest BCUT2D eigenvalue weighted by Crippen LogP contribution is 2.31. The third-order valence-electron chi connectivity index (χ3n) is 4.58. The Hall–Kier alpha value is -2.24. The van der Waals surface area contributed by atoms with Gasteiger partial charge in [0.1, 0.15) is 5.75 Å². The number of imidazole rings is 1. The van der Waals surface area contributed by atoms with Gasteiger partial charge in [-0.15, -0.1) is 0 Å². The number of methoxy groups -OCH3 is 1. The van der Waals surface area contributed by atoms with Crippen LogP contribution in [0.25, 0.3) is 11.0 Å². The van der Waals surface area contributed by atoms with Crippen LogP contribution in [0.2, 0.25) is 0 Å². The van der Waals surface area contributed by atoms with Gasteiger partial charge >= 0.3 is 11.7 Å². The van der Waals surface area contributed by atoms with E-state index in [0.29, 0.717) is 12.5 Å². The Labute approximate surface area is 161 Å². The molecule has 1 heterocycles. The molecule has 0 unspecified atom stereocenters. The van der Waals surface area contributed by atoms with Crippen molar-refractivity contribution in [1.82, 2.24) is 9.55 Å². The number of phenols is 1. The number of hydrogen-bond donors (Lipinski definition) is 2. The Balaban J connectivity index is 0.000000665. The van der Waals surface area contributed by atoms with Gasteiger partial charge in [0.05, 0.1) is 24.1 Å². The Morgan fingerprint density at radius 3 is 2.37 bits per heavy atom. The molecule has 0 saturated heterocycles. The van der Waals surface area contributed by atoms with Gasteiger partial charge < -0.3 is 14.8 Å². The second kappa shape index (κ2) is 11.5. The summed E-state index contributed by atoms with van der Waals surface area (Å²) in [7, 11) is 1.42. The zero-order valence-corrected chi connectivity index (χ0v) is 17.2. The minimum Gasteiger partial charge on any atom is -0.508 e. The number of ether oxygens (including phenoxy) is 1. The van der Waals surface area contributed by atoms with Crippen molar-refractivity contribution in [2.24, 2.45) is 11.8 Å². The van der Waals surface area contributed by atoms with Crippen molar-refractivity contribution >= 4 is 17.0 Å². The lowest BCUT2D eigenvalue weighted by molar-refractivity contribution is -0.146. The van der Waals surface area contributed by atoms with Crippen LogP contribution in [0.1, 0.15) is 59.8 Å². The first-order chi connectivity index (χ1) is 13.0. The predicted octanol–water partition coefficient (Wildman–Crippen LogP) is 4.46. The van der Waals surface area contributed by atoms with E-state index in [0.717, 1.165) is 36.7 Å². The molecule has 1 aliphatic carbocycles. The monoisotopic (exact) mass is 378 g/mol. The molecule has 2 N–H and O–H groups in total. The van der Waals surface area contributed by atoms with Gasteiger partial charge in [0.25, 0.3) is 0 Å². The fraction of sp³-hybridized carbons (Fsp3) is 0.619. The lowest BCUT2D eigenvalue weighted by Crippen LogP contribution is -2.27. The smallest absolute Gasteiger partial charge is 0.326 e. The van der Waals surface area contributed by atoms with Gasteiger partial charge in [-0.3, -0.25) is 9.36 Å².